The molecule has 0 amide bonds. The lowest BCUT2D eigenvalue weighted by molar-refractivity contribution is -0.173. The first-order chi connectivity index (χ1) is 9.85. The van der Waals surface area contributed by atoms with Crippen molar-refractivity contribution in [3.63, 3.8) is 0 Å². The van der Waals surface area contributed by atoms with Gasteiger partial charge in [-0.3, -0.25) is 0 Å². The molecule has 2 aromatic rings. The van der Waals surface area contributed by atoms with Crippen molar-refractivity contribution in [2.75, 3.05) is 13.2 Å². The molecule has 21 heavy (non-hydrogen) atoms. The third-order valence-electron chi connectivity index (χ3n) is 2.39. The third-order valence-corrected chi connectivity index (χ3v) is 3.06. The number of hydrogen-bond acceptors (Lipinski definition) is 5. The van der Waals surface area contributed by atoms with Crippen molar-refractivity contribution in [3.8, 4) is 17.2 Å². The zero-order valence-corrected chi connectivity index (χ0v) is 12.7. The van der Waals surface area contributed by atoms with Crippen LogP contribution in [0, 0.1) is 3.57 Å². The monoisotopic (exact) mass is 414 g/mol. The minimum atomic E-state index is -4.35. The summed E-state index contributed by atoms with van der Waals surface area (Å²) in [5, 5.41) is 13.4. The topological polar surface area (TPSA) is 68.4 Å². The Morgan fingerprint density at radius 2 is 2.10 bits per heavy atom. The molecular formula is C12H10F3IN2O3. The molecular weight excluding hydrogens is 404 g/mol. The summed E-state index contributed by atoms with van der Waals surface area (Å²) in [6.07, 6.45) is -4.26. The van der Waals surface area contributed by atoms with E-state index < -0.39 is 12.8 Å². The molecule has 0 aliphatic rings. The Labute approximate surface area is 131 Å². The summed E-state index contributed by atoms with van der Waals surface area (Å²) in [6.45, 7) is -1.48. The van der Waals surface area contributed by atoms with Crippen LogP contribution in [0.25, 0.3) is 11.5 Å². The van der Waals surface area contributed by atoms with Crippen LogP contribution < -0.4 is 0 Å². The van der Waals surface area contributed by atoms with E-state index in [1.165, 1.54) is 6.07 Å². The molecule has 1 aromatic heterocycles. The van der Waals surface area contributed by atoms with Crippen LogP contribution in [0.15, 0.2) is 22.7 Å². The maximum absolute atomic E-state index is 11.9. The molecule has 0 spiro atoms. The molecule has 9 heteroatoms. The maximum Gasteiger partial charge on any atom is 0.411 e. The van der Waals surface area contributed by atoms with Crippen molar-refractivity contribution in [2.45, 2.75) is 12.6 Å². The number of aromatic nitrogens is 2. The normalized spacial score (nSPS) is 11.8. The van der Waals surface area contributed by atoms with Crippen molar-refractivity contribution < 1.29 is 27.5 Å². The fourth-order valence-electron chi connectivity index (χ4n) is 1.50. The van der Waals surface area contributed by atoms with Crippen molar-refractivity contribution in [3.05, 3.63) is 27.6 Å². The van der Waals surface area contributed by atoms with Crippen LogP contribution in [0.3, 0.4) is 0 Å². The lowest BCUT2D eigenvalue weighted by atomic mass is 10.2. The van der Waals surface area contributed by atoms with E-state index in [-0.39, 0.29) is 30.5 Å². The standard InChI is InChI=1S/C12H10F3IN2O3/c13-12(14,15)6-20-4-3-10-17-11(21-18-10)8-5-7(16)1-2-9(8)19/h1-2,5,19H,3-4,6H2. The van der Waals surface area contributed by atoms with Gasteiger partial charge in [-0.1, -0.05) is 5.16 Å². The molecule has 0 saturated heterocycles. The summed E-state index contributed by atoms with van der Waals surface area (Å²) in [5.74, 6) is 0.307. The van der Waals surface area contributed by atoms with Gasteiger partial charge in [0.05, 0.1) is 12.2 Å². The molecule has 0 bridgehead atoms. The van der Waals surface area contributed by atoms with E-state index in [2.05, 4.69) is 37.5 Å². The number of nitrogens with zero attached hydrogens (tertiary/aromatic N) is 2. The zero-order chi connectivity index (χ0) is 15.5. The number of ether oxygens (including phenoxy) is 1. The van der Waals surface area contributed by atoms with Gasteiger partial charge in [0, 0.05) is 9.99 Å². The molecule has 0 radical (unpaired) electrons. The van der Waals surface area contributed by atoms with Gasteiger partial charge in [0.1, 0.15) is 12.4 Å². The summed E-state index contributed by atoms with van der Waals surface area (Å²) in [7, 11) is 0. The Balaban J connectivity index is 1.97. The molecule has 0 unspecified atom stereocenters. The Morgan fingerprint density at radius 1 is 1.33 bits per heavy atom. The average molecular weight is 414 g/mol. The smallest absolute Gasteiger partial charge is 0.411 e. The first kappa shape index (κ1) is 16.0. The van der Waals surface area contributed by atoms with Crippen LogP contribution in [0.2, 0.25) is 0 Å². The lowest BCUT2D eigenvalue weighted by Crippen LogP contribution is -2.18. The number of benzene rings is 1. The highest BCUT2D eigenvalue weighted by Crippen LogP contribution is 2.29. The van der Waals surface area contributed by atoms with Crippen LogP contribution >= 0.6 is 22.6 Å². The predicted molar refractivity (Wildman–Crippen MR) is 74.7 cm³/mol. The second-order valence-corrected chi connectivity index (χ2v) is 5.34. The molecule has 0 aliphatic carbocycles. The minimum Gasteiger partial charge on any atom is -0.507 e. The van der Waals surface area contributed by atoms with E-state index in [0.717, 1.165) is 3.57 Å². The van der Waals surface area contributed by atoms with Gasteiger partial charge in [0.25, 0.3) is 5.89 Å². The predicted octanol–water partition coefficient (Wildman–Crippen LogP) is 3.17. The van der Waals surface area contributed by atoms with Crippen LogP contribution in [-0.4, -0.2) is 34.6 Å². The van der Waals surface area contributed by atoms with Crippen molar-refractivity contribution >= 4 is 22.6 Å². The third kappa shape index (κ3) is 4.84. The highest BCUT2D eigenvalue weighted by molar-refractivity contribution is 14.1. The summed E-state index contributed by atoms with van der Waals surface area (Å²) in [5.41, 5.74) is 0.372. The molecule has 5 nitrogen and oxygen atoms in total. The maximum atomic E-state index is 11.9. The average Bonchev–Trinajstić information content (AvgIpc) is 2.85. The Morgan fingerprint density at radius 3 is 2.81 bits per heavy atom. The fourth-order valence-corrected chi connectivity index (χ4v) is 1.99. The molecule has 0 atom stereocenters. The van der Waals surface area contributed by atoms with Gasteiger partial charge in [-0.2, -0.15) is 18.2 Å². The number of phenols is 1. The molecule has 0 fully saturated rings. The summed E-state index contributed by atoms with van der Waals surface area (Å²) >= 11 is 2.06. The van der Waals surface area contributed by atoms with Crippen LogP contribution in [0.4, 0.5) is 13.2 Å². The second kappa shape index (κ2) is 6.60. The first-order valence-corrected chi connectivity index (χ1v) is 6.89. The Kier molecular flexibility index (Phi) is 5.04. The molecule has 2 rings (SSSR count). The van der Waals surface area contributed by atoms with Gasteiger partial charge in [0.15, 0.2) is 5.82 Å². The number of phenolic OH excluding ortho intramolecular Hbond substituents is 1. The SMILES string of the molecule is Oc1ccc(I)cc1-c1nc(CCOCC(F)(F)F)no1. The molecule has 1 aromatic carbocycles. The molecule has 0 aliphatic heterocycles. The van der Waals surface area contributed by atoms with E-state index in [9.17, 15) is 18.3 Å². The quantitative estimate of drug-likeness (QED) is 0.602. The van der Waals surface area contributed by atoms with E-state index >= 15 is 0 Å². The number of halogens is 4. The van der Waals surface area contributed by atoms with E-state index in [1.807, 2.05) is 0 Å². The number of rotatable bonds is 5. The van der Waals surface area contributed by atoms with Gasteiger partial charge in [-0.25, -0.2) is 0 Å². The molecule has 1 N–H and O–H groups in total. The van der Waals surface area contributed by atoms with Gasteiger partial charge in [-0.05, 0) is 40.8 Å². The van der Waals surface area contributed by atoms with Crippen LogP contribution in [-0.2, 0) is 11.2 Å². The second-order valence-electron chi connectivity index (χ2n) is 4.09. The fraction of sp³-hybridized carbons (Fsp3) is 0.333. The first-order valence-electron chi connectivity index (χ1n) is 5.81. The lowest BCUT2D eigenvalue weighted by Gasteiger charge is -2.05. The van der Waals surface area contributed by atoms with Crippen molar-refractivity contribution in [1.29, 1.82) is 0 Å². The highest BCUT2D eigenvalue weighted by atomic mass is 127. The van der Waals surface area contributed by atoms with Crippen molar-refractivity contribution in [1.82, 2.24) is 10.1 Å². The molecule has 1 heterocycles. The van der Waals surface area contributed by atoms with Gasteiger partial charge >= 0.3 is 6.18 Å². The van der Waals surface area contributed by atoms with Crippen LogP contribution in [0.5, 0.6) is 5.75 Å². The van der Waals surface area contributed by atoms with E-state index in [4.69, 9.17) is 4.52 Å². The van der Waals surface area contributed by atoms with Gasteiger partial charge in [-0.15, -0.1) is 0 Å². The van der Waals surface area contributed by atoms with Gasteiger partial charge in [0.2, 0.25) is 0 Å². The number of aromatic hydroxyl groups is 1. The summed E-state index contributed by atoms with van der Waals surface area (Å²) in [4.78, 5) is 4.01. The minimum absolute atomic E-state index is 0.0149. The van der Waals surface area contributed by atoms with E-state index in [0.29, 0.717) is 5.56 Å². The molecule has 114 valence electrons. The summed E-state index contributed by atoms with van der Waals surface area (Å²) < 4.78 is 46.0. The zero-order valence-electron chi connectivity index (χ0n) is 10.5. The highest BCUT2D eigenvalue weighted by Gasteiger charge is 2.27. The Hall–Kier alpha value is -1.36. The van der Waals surface area contributed by atoms with Crippen LogP contribution in [0.1, 0.15) is 5.82 Å². The number of alkyl halides is 3. The van der Waals surface area contributed by atoms with Gasteiger partial charge < -0.3 is 14.4 Å². The number of hydrogen-bond donors (Lipinski definition) is 1. The summed E-state index contributed by atoms with van der Waals surface area (Å²) in [6, 6.07) is 4.86. The van der Waals surface area contributed by atoms with Crippen molar-refractivity contribution in [2.24, 2.45) is 0 Å². The van der Waals surface area contributed by atoms with E-state index in [1.54, 1.807) is 12.1 Å². The molecule has 0 saturated carbocycles. The Bertz CT molecular complexity index is 616. The largest absolute Gasteiger partial charge is 0.507 e.